The van der Waals surface area contributed by atoms with Crippen molar-refractivity contribution < 1.29 is 33.0 Å². The lowest BCUT2D eigenvalue weighted by molar-refractivity contribution is -0.164. The van der Waals surface area contributed by atoms with Crippen molar-refractivity contribution in [1.82, 2.24) is 4.90 Å². The summed E-state index contributed by atoms with van der Waals surface area (Å²) in [6, 6.07) is 13.9. The van der Waals surface area contributed by atoms with Gasteiger partial charge in [-0.25, -0.2) is 9.18 Å². The number of halogens is 1. The van der Waals surface area contributed by atoms with E-state index in [1.54, 1.807) is 32.9 Å². The van der Waals surface area contributed by atoms with Gasteiger partial charge in [0.05, 0.1) is 6.04 Å². The van der Waals surface area contributed by atoms with Gasteiger partial charge in [0.25, 0.3) is 0 Å². The summed E-state index contributed by atoms with van der Waals surface area (Å²) < 4.78 is 24.0. The second-order valence-corrected chi connectivity index (χ2v) is 9.85. The molecule has 2 aromatic rings. The molecular weight excluding hydrogens is 465 g/mol. The standard InChI is InChI=1S/C28H32FNO6/c1-28(2,3)36-26(33)24(23(31)16-13-19-11-14-21(29)15-12-19)25(32)22-10-7-17-30(22)27(34)35-18-20-8-5-4-6-9-20/h4-6,8-9,11-12,14-15,22,24H,7,10,13,16-18H2,1-3H3/t22-,24?/m0/s1. The quantitative estimate of drug-likeness (QED) is 0.370. The fraction of sp³-hybridized carbons (Fsp3) is 0.429. The van der Waals surface area contributed by atoms with Crippen LogP contribution in [0.1, 0.15) is 51.2 Å². The van der Waals surface area contributed by atoms with Crippen LogP contribution in [0.25, 0.3) is 0 Å². The van der Waals surface area contributed by atoms with Crippen LogP contribution in [0.3, 0.4) is 0 Å². The van der Waals surface area contributed by atoms with E-state index >= 15 is 0 Å². The van der Waals surface area contributed by atoms with E-state index < -0.39 is 47.0 Å². The van der Waals surface area contributed by atoms with Crippen LogP contribution >= 0.6 is 0 Å². The van der Waals surface area contributed by atoms with Gasteiger partial charge in [-0.05, 0) is 63.3 Å². The van der Waals surface area contributed by atoms with Gasteiger partial charge in [0, 0.05) is 13.0 Å². The molecule has 1 aliphatic heterocycles. The largest absolute Gasteiger partial charge is 0.459 e. The van der Waals surface area contributed by atoms with Crippen LogP contribution in [-0.4, -0.2) is 46.7 Å². The molecule has 1 unspecified atom stereocenters. The van der Waals surface area contributed by atoms with Crippen LogP contribution in [0.4, 0.5) is 9.18 Å². The molecule has 7 nitrogen and oxygen atoms in total. The number of esters is 1. The third kappa shape index (κ3) is 7.47. The molecule has 0 spiro atoms. The minimum absolute atomic E-state index is 0.0448. The molecule has 0 N–H and O–H groups in total. The van der Waals surface area contributed by atoms with Gasteiger partial charge in [-0.3, -0.25) is 19.3 Å². The number of rotatable bonds is 9. The zero-order valence-corrected chi connectivity index (χ0v) is 20.9. The Hall–Kier alpha value is -3.55. The molecular formula is C28H32FNO6. The molecule has 192 valence electrons. The molecule has 0 aliphatic carbocycles. The van der Waals surface area contributed by atoms with Crippen molar-refractivity contribution in [2.75, 3.05) is 6.54 Å². The summed E-state index contributed by atoms with van der Waals surface area (Å²) in [4.78, 5) is 53.8. The molecule has 0 aromatic heterocycles. The lowest BCUT2D eigenvalue weighted by Crippen LogP contribution is -2.48. The Labute approximate surface area is 210 Å². The molecule has 1 saturated heterocycles. The maximum Gasteiger partial charge on any atom is 0.410 e. The minimum Gasteiger partial charge on any atom is -0.459 e. The summed E-state index contributed by atoms with van der Waals surface area (Å²) in [6.07, 6.45) is 0.327. The SMILES string of the molecule is CC(C)(C)OC(=O)C(C(=O)CCc1ccc(F)cc1)C(=O)[C@@H]1CCCN1C(=O)OCc1ccccc1. The Bertz CT molecular complexity index is 1080. The number of ketones is 2. The fourth-order valence-electron chi connectivity index (χ4n) is 4.11. The van der Waals surface area contributed by atoms with E-state index in [0.717, 1.165) is 5.56 Å². The molecule has 0 bridgehead atoms. The van der Waals surface area contributed by atoms with E-state index in [4.69, 9.17) is 9.47 Å². The van der Waals surface area contributed by atoms with Crippen molar-refractivity contribution in [2.45, 2.75) is 64.7 Å². The average Bonchev–Trinajstić information content (AvgIpc) is 3.32. The summed E-state index contributed by atoms with van der Waals surface area (Å²) in [5, 5.41) is 0. The van der Waals surface area contributed by atoms with Gasteiger partial charge in [0.15, 0.2) is 17.5 Å². The van der Waals surface area contributed by atoms with E-state index in [9.17, 15) is 23.6 Å². The third-order valence-corrected chi connectivity index (χ3v) is 5.84. The van der Waals surface area contributed by atoms with Crippen molar-refractivity contribution in [3.63, 3.8) is 0 Å². The molecule has 3 rings (SSSR count). The highest BCUT2D eigenvalue weighted by atomic mass is 19.1. The molecule has 8 heteroatoms. The smallest absolute Gasteiger partial charge is 0.410 e. The molecule has 1 aliphatic rings. The van der Waals surface area contributed by atoms with Gasteiger partial charge in [0.2, 0.25) is 0 Å². The Morgan fingerprint density at radius 3 is 2.31 bits per heavy atom. The number of carbonyl (C=O) groups excluding carboxylic acids is 4. The summed E-state index contributed by atoms with van der Waals surface area (Å²) >= 11 is 0. The number of aryl methyl sites for hydroxylation is 1. The summed E-state index contributed by atoms with van der Waals surface area (Å²) in [6.45, 7) is 5.28. The van der Waals surface area contributed by atoms with Crippen LogP contribution in [0.5, 0.6) is 0 Å². The first-order chi connectivity index (χ1) is 17.0. The number of hydrogen-bond acceptors (Lipinski definition) is 6. The molecule has 1 heterocycles. The monoisotopic (exact) mass is 497 g/mol. The second-order valence-electron chi connectivity index (χ2n) is 9.85. The van der Waals surface area contributed by atoms with E-state index in [0.29, 0.717) is 18.4 Å². The third-order valence-electron chi connectivity index (χ3n) is 5.84. The second kappa shape index (κ2) is 11.9. The number of likely N-dealkylation sites (tertiary alicyclic amines) is 1. The van der Waals surface area contributed by atoms with Gasteiger partial charge < -0.3 is 9.47 Å². The van der Waals surface area contributed by atoms with Crippen molar-refractivity contribution >= 4 is 23.6 Å². The Morgan fingerprint density at radius 1 is 1.00 bits per heavy atom. The Balaban J connectivity index is 1.73. The number of benzene rings is 2. The van der Waals surface area contributed by atoms with Gasteiger partial charge in [0.1, 0.15) is 18.0 Å². The van der Waals surface area contributed by atoms with Crippen LogP contribution < -0.4 is 0 Å². The summed E-state index contributed by atoms with van der Waals surface area (Å²) in [5.74, 6) is -4.24. The first-order valence-electron chi connectivity index (χ1n) is 12.1. The first kappa shape index (κ1) is 27.0. The zero-order chi connectivity index (χ0) is 26.3. The van der Waals surface area contributed by atoms with Crippen molar-refractivity contribution in [1.29, 1.82) is 0 Å². The lowest BCUT2D eigenvalue weighted by Gasteiger charge is -2.27. The van der Waals surface area contributed by atoms with Crippen molar-refractivity contribution in [3.05, 3.63) is 71.5 Å². The number of carbonyl (C=O) groups is 4. The van der Waals surface area contributed by atoms with Gasteiger partial charge in [-0.2, -0.15) is 0 Å². The van der Waals surface area contributed by atoms with Gasteiger partial charge in [-0.1, -0.05) is 42.5 Å². The zero-order valence-electron chi connectivity index (χ0n) is 20.9. The predicted molar refractivity (Wildman–Crippen MR) is 130 cm³/mol. The van der Waals surface area contributed by atoms with Gasteiger partial charge in [-0.15, -0.1) is 0 Å². The van der Waals surface area contributed by atoms with Crippen LogP contribution in [0, 0.1) is 11.7 Å². The Kier molecular flexibility index (Phi) is 8.96. The van der Waals surface area contributed by atoms with Crippen LogP contribution in [0.2, 0.25) is 0 Å². The lowest BCUT2D eigenvalue weighted by atomic mass is 9.89. The number of Topliss-reactive ketones (excluding diaryl/α,β-unsaturated/α-hetero) is 2. The summed E-state index contributed by atoms with van der Waals surface area (Å²) in [5.41, 5.74) is 0.597. The van der Waals surface area contributed by atoms with Crippen LogP contribution in [0.15, 0.2) is 54.6 Å². The predicted octanol–water partition coefficient (Wildman–Crippen LogP) is 4.66. The molecule has 1 fully saturated rings. The Morgan fingerprint density at radius 2 is 1.67 bits per heavy atom. The highest BCUT2D eigenvalue weighted by Crippen LogP contribution is 2.25. The number of amides is 1. The maximum atomic E-state index is 13.5. The van der Waals surface area contributed by atoms with E-state index in [2.05, 4.69) is 0 Å². The van der Waals surface area contributed by atoms with E-state index in [1.165, 1.54) is 17.0 Å². The first-order valence-corrected chi connectivity index (χ1v) is 12.1. The molecule has 2 aromatic carbocycles. The summed E-state index contributed by atoms with van der Waals surface area (Å²) in [7, 11) is 0. The fourth-order valence-corrected chi connectivity index (χ4v) is 4.11. The van der Waals surface area contributed by atoms with Gasteiger partial charge >= 0.3 is 12.1 Å². The van der Waals surface area contributed by atoms with E-state index in [-0.39, 0.29) is 26.0 Å². The molecule has 0 saturated carbocycles. The molecule has 2 atom stereocenters. The number of hydrogen-bond donors (Lipinski definition) is 0. The number of nitrogens with zero attached hydrogens (tertiary/aromatic N) is 1. The molecule has 0 radical (unpaired) electrons. The highest BCUT2D eigenvalue weighted by molar-refractivity contribution is 6.19. The maximum absolute atomic E-state index is 13.5. The molecule has 36 heavy (non-hydrogen) atoms. The van der Waals surface area contributed by atoms with Crippen LogP contribution in [-0.2, 0) is 36.9 Å². The minimum atomic E-state index is -1.66. The van der Waals surface area contributed by atoms with Crippen molar-refractivity contribution in [2.24, 2.45) is 5.92 Å². The molecule has 1 amide bonds. The van der Waals surface area contributed by atoms with Crippen molar-refractivity contribution in [3.8, 4) is 0 Å². The normalized spacial score (nSPS) is 16.3. The number of ether oxygens (including phenoxy) is 2. The average molecular weight is 498 g/mol. The van der Waals surface area contributed by atoms with E-state index in [1.807, 2.05) is 30.3 Å². The highest BCUT2D eigenvalue weighted by Gasteiger charge is 2.45. The topological polar surface area (TPSA) is 90.0 Å².